The molecule has 1 aliphatic rings. The van der Waals surface area contributed by atoms with Crippen LogP contribution < -0.4 is 14.8 Å². The molecule has 2 unspecified atom stereocenters. The summed E-state index contributed by atoms with van der Waals surface area (Å²) in [7, 11) is 1.65. The van der Waals surface area contributed by atoms with Crippen molar-refractivity contribution in [3.8, 4) is 11.5 Å². The fourth-order valence-corrected chi connectivity index (χ4v) is 3.86. The summed E-state index contributed by atoms with van der Waals surface area (Å²) in [6.45, 7) is 2.55. The standard InChI is InChI=1S/C24H22Cl2N2O2/c1-3-30-19-12-13-20(21(14-19)29-2)24-27-22(15-4-8-17(25)9-5-15)23(28-24)16-6-10-18(26)11-7-16/h4-14,22-23H,3H2,1-2H3,(H,27,28). The summed E-state index contributed by atoms with van der Waals surface area (Å²) in [6.07, 6.45) is 0. The van der Waals surface area contributed by atoms with Crippen LogP contribution in [0, 0.1) is 0 Å². The van der Waals surface area contributed by atoms with E-state index >= 15 is 0 Å². The van der Waals surface area contributed by atoms with E-state index in [1.54, 1.807) is 7.11 Å². The predicted molar refractivity (Wildman–Crippen MR) is 122 cm³/mol. The number of benzene rings is 3. The van der Waals surface area contributed by atoms with Gasteiger partial charge in [0.15, 0.2) is 0 Å². The van der Waals surface area contributed by atoms with E-state index in [0.717, 1.165) is 28.3 Å². The summed E-state index contributed by atoms with van der Waals surface area (Å²) < 4.78 is 11.2. The van der Waals surface area contributed by atoms with E-state index in [2.05, 4.69) is 5.32 Å². The summed E-state index contributed by atoms with van der Waals surface area (Å²) in [5.74, 6) is 2.24. The Labute approximate surface area is 186 Å². The van der Waals surface area contributed by atoms with Gasteiger partial charge in [-0.05, 0) is 54.4 Å². The largest absolute Gasteiger partial charge is 0.496 e. The Morgan fingerprint density at radius 2 is 1.53 bits per heavy atom. The van der Waals surface area contributed by atoms with Crippen molar-refractivity contribution < 1.29 is 9.47 Å². The lowest BCUT2D eigenvalue weighted by Gasteiger charge is -2.20. The molecule has 0 saturated heterocycles. The van der Waals surface area contributed by atoms with E-state index in [1.807, 2.05) is 73.7 Å². The highest BCUT2D eigenvalue weighted by Crippen LogP contribution is 2.39. The number of rotatable bonds is 6. The van der Waals surface area contributed by atoms with Crippen LogP contribution in [0.5, 0.6) is 11.5 Å². The number of nitrogens with one attached hydrogen (secondary N) is 1. The zero-order valence-electron chi connectivity index (χ0n) is 16.7. The molecule has 3 aromatic rings. The third kappa shape index (κ3) is 4.25. The maximum absolute atomic E-state index is 6.10. The Kier molecular flexibility index (Phi) is 6.16. The number of hydrogen-bond donors (Lipinski definition) is 1. The van der Waals surface area contributed by atoms with Gasteiger partial charge in [-0.15, -0.1) is 0 Å². The average Bonchev–Trinajstić information content (AvgIpc) is 3.20. The smallest absolute Gasteiger partial charge is 0.133 e. The summed E-state index contributed by atoms with van der Waals surface area (Å²) in [5.41, 5.74) is 3.06. The second kappa shape index (κ2) is 8.99. The third-order valence-electron chi connectivity index (χ3n) is 5.06. The minimum absolute atomic E-state index is 0.0466. The first-order chi connectivity index (χ1) is 14.6. The molecule has 0 fully saturated rings. The van der Waals surface area contributed by atoms with Crippen LogP contribution in [0.4, 0.5) is 0 Å². The Morgan fingerprint density at radius 1 is 0.900 bits per heavy atom. The number of aliphatic imine (C=N–C) groups is 1. The van der Waals surface area contributed by atoms with Gasteiger partial charge in [0.05, 0.1) is 25.3 Å². The van der Waals surface area contributed by atoms with Gasteiger partial charge < -0.3 is 14.8 Å². The molecule has 1 heterocycles. The van der Waals surface area contributed by atoms with Gasteiger partial charge in [0, 0.05) is 16.1 Å². The molecule has 0 aliphatic carbocycles. The minimum atomic E-state index is -0.116. The number of ether oxygens (including phenoxy) is 2. The van der Waals surface area contributed by atoms with Crippen molar-refractivity contribution in [2.24, 2.45) is 4.99 Å². The van der Waals surface area contributed by atoms with E-state index in [4.69, 9.17) is 37.7 Å². The molecule has 0 saturated carbocycles. The van der Waals surface area contributed by atoms with Crippen LogP contribution in [0.25, 0.3) is 0 Å². The van der Waals surface area contributed by atoms with Crippen molar-refractivity contribution >= 4 is 29.0 Å². The Morgan fingerprint density at radius 3 is 2.13 bits per heavy atom. The van der Waals surface area contributed by atoms with Gasteiger partial charge in [-0.2, -0.15) is 0 Å². The molecular formula is C24H22Cl2N2O2. The second-order valence-electron chi connectivity index (χ2n) is 6.94. The first-order valence-corrected chi connectivity index (χ1v) is 10.5. The number of nitrogens with zero attached hydrogens (tertiary/aromatic N) is 1. The summed E-state index contributed by atoms with van der Waals surface area (Å²) >= 11 is 12.2. The highest BCUT2D eigenvalue weighted by Gasteiger charge is 2.32. The van der Waals surface area contributed by atoms with Crippen LogP contribution in [-0.4, -0.2) is 19.6 Å². The first-order valence-electron chi connectivity index (χ1n) is 9.75. The molecule has 0 radical (unpaired) electrons. The number of methoxy groups -OCH3 is 1. The lowest BCUT2D eigenvalue weighted by molar-refractivity contribution is 0.336. The van der Waals surface area contributed by atoms with E-state index in [1.165, 1.54) is 0 Å². The zero-order chi connectivity index (χ0) is 21.1. The second-order valence-corrected chi connectivity index (χ2v) is 7.82. The summed E-state index contributed by atoms with van der Waals surface area (Å²) in [5, 5.41) is 4.99. The molecule has 0 amide bonds. The lowest BCUT2D eigenvalue weighted by Crippen LogP contribution is -2.25. The SMILES string of the molecule is CCOc1ccc(C2=NC(c3ccc(Cl)cc3)C(c3ccc(Cl)cc3)N2)c(OC)c1. The van der Waals surface area contributed by atoms with Crippen molar-refractivity contribution in [1.82, 2.24) is 5.32 Å². The Bertz CT molecular complexity index is 1050. The van der Waals surface area contributed by atoms with Crippen molar-refractivity contribution in [3.63, 3.8) is 0 Å². The minimum Gasteiger partial charge on any atom is -0.496 e. The quantitative estimate of drug-likeness (QED) is 0.493. The molecule has 6 heteroatoms. The molecule has 3 aromatic carbocycles. The summed E-state index contributed by atoms with van der Waals surface area (Å²) in [6, 6.07) is 21.3. The molecule has 0 spiro atoms. The van der Waals surface area contributed by atoms with Crippen LogP contribution in [0.2, 0.25) is 10.0 Å². The van der Waals surface area contributed by atoms with Crippen molar-refractivity contribution in [2.75, 3.05) is 13.7 Å². The van der Waals surface area contributed by atoms with Gasteiger partial charge in [-0.1, -0.05) is 47.5 Å². The molecule has 0 aromatic heterocycles. The van der Waals surface area contributed by atoms with Crippen LogP contribution in [0.3, 0.4) is 0 Å². The van der Waals surface area contributed by atoms with Gasteiger partial charge >= 0.3 is 0 Å². The highest BCUT2D eigenvalue weighted by molar-refractivity contribution is 6.30. The van der Waals surface area contributed by atoms with Crippen molar-refractivity contribution in [1.29, 1.82) is 0 Å². The normalized spacial score (nSPS) is 17.9. The van der Waals surface area contributed by atoms with Crippen LogP contribution in [-0.2, 0) is 0 Å². The first kappa shape index (κ1) is 20.6. The van der Waals surface area contributed by atoms with Gasteiger partial charge in [-0.3, -0.25) is 4.99 Å². The van der Waals surface area contributed by atoms with E-state index in [9.17, 15) is 0 Å². The summed E-state index contributed by atoms with van der Waals surface area (Å²) in [4.78, 5) is 5.03. The van der Waals surface area contributed by atoms with Gasteiger partial charge in [0.2, 0.25) is 0 Å². The predicted octanol–water partition coefficient (Wildman–Crippen LogP) is 6.23. The van der Waals surface area contributed by atoms with Crippen molar-refractivity contribution in [2.45, 2.75) is 19.0 Å². The topological polar surface area (TPSA) is 42.8 Å². The van der Waals surface area contributed by atoms with E-state index in [0.29, 0.717) is 22.4 Å². The fourth-order valence-electron chi connectivity index (χ4n) is 3.61. The fraction of sp³-hybridized carbons (Fsp3) is 0.208. The lowest BCUT2D eigenvalue weighted by atomic mass is 9.95. The molecule has 1 aliphatic heterocycles. The van der Waals surface area contributed by atoms with Crippen LogP contribution >= 0.6 is 23.2 Å². The highest BCUT2D eigenvalue weighted by atomic mass is 35.5. The molecule has 30 heavy (non-hydrogen) atoms. The molecule has 0 bridgehead atoms. The molecular weight excluding hydrogens is 419 g/mol. The number of amidine groups is 1. The number of halogens is 2. The Balaban J connectivity index is 1.74. The molecule has 2 atom stereocenters. The maximum atomic E-state index is 6.10. The van der Waals surface area contributed by atoms with E-state index < -0.39 is 0 Å². The average molecular weight is 441 g/mol. The van der Waals surface area contributed by atoms with Gasteiger partial charge in [-0.25, -0.2) is 0 Å². The maximum Gasteiger partial charge on any atom is 0.133 e. The Hall–Kier alpha value is -2.69. The van der Waals surface area contributed by atoms with Crippen LogP contribution in [0.1, 0.15) is 35.7 Å². The number of hydrogen-bond acceptors (Lipinski definition) is 4. The molecule has 4 nitrogen and oxygen atoms in total. The van der Waals surface area contributed by atoms with Crippen molar-refractivity contribution in [3.05, 3.63) is 93.5 Å². The van der Waals surface area contributed by atoms with Crippen LogP contribution in [0.15, 0.2) is 71.7 Å². The van der Waals surface area contributed by atoms with E-state index in [-0.39, 0.29) is 12.1 Å². The third-order valence-corrected chi connectivity index (χ3v) is 5.56. The zero-order valence-corrected chi connectivity index (χ0v) is 18.2. The van der Waals surface area contributed by atoms with Gasteiger partial charge in [0.25, 0.3) is 0 Å². The van der Waals surface area contributed by atoms with Gasteiger partial charge in [0.1, 0.15) is 23.4 Å². The molecule has 154 valence electrons. The molecule has 1 N–H and O–H groups in total. The monoisotopic (exact) mass is 440 g/mol. The molecule has 4 rings (SSSR count).